The lowest BCUT2D eigenvalue weighted by Gasteiger charge is -2.34. The van der Waals surface area contributed by atoms with Crippen LogP contribution in [-0.2, 0) is 9.59 Å². The van der Waals surface area contributed by atoms with E-state index in [1.807, 2.05) is 4.90 Å². The number of carbonyl (C=O) groups is 2. The van der Waals surface area contributed by atoms with Crippen molar-refractivity contribution in [3.63, 3.8) is 0 Å². The highest BCUT2D eigenvalue weighted by atomic mass is 35.5. The molecule has 0 saturated carbocycles. The summed E-state index contributed by atoms with van der Waals surface area (Å²) in [4.78, 5) is 27.2. The number of hydrogen-bond acceptors (Lipinski definition) is 6. The van der Waals surface area contributed by atoms with Gasteiger partial charge in [-0.3, -0.25) is 19.8 Å². The van der Waals surface area contributed by atoms with Crippen LogP contribution in [0.15, 0.2) is 5.51 Å². The molecule has 7 nitrogen and oxygen atoms in total. The summed E-state index contributed by atoms with van der Waals surface area (Å²) in [5, 5.41) is 10.1. The fraction of sp³-hybridized carbons (Fsp3) is 0.636. The van der Waals surface area contributed by atoms with Crippen molar-refractivity contribution in [2.45, 2.75) is 12.3 Å². The van der Waals surface area contributed by atoms with Gasteiger partial charge in [0.15, 0.2) is 0 Å². The van der Waals surface area contributed by atoms with E-state index < -0.39 is 5.38 Å². The van der Waals surface area contributed by atoms with Crippen LogP contribution in [0.2, 0.25) is 0 Å². The summed E-state index contributed by atoms with van der Waals surface area (Å²) < 4.78 is 0. The number of amides is 2. The van der Waals surface area contributed by atoms with Crippen LogP contribution in [0.25, 0.3) is 0 Å². The van der Waals surface area contributed by atoms with Crippen molar-refractivity contribution in [3.8, 4) is 0 Å². The van der Waals surface area contributed by atoms with E-state index in [2.05, 4.69) is 15.5 Å². The molecule has 0 bridgehead atoms. The first kappa shape index (κ1) is 15.1. The van der Waals surface area contributed by atoms with Gasteiger partial charge in [-0.05, 0) is 6.92 Å². The maximum absolute atomic E-state index is 11.8. The summed E-state index contributed by atoms with van der Waals surface area (Å²) in [5.41, 5.74) is 1.56. The van der Waals surface area contributed by atoms with Gasteiger partial charge in [-0.25, -0.2) is 0 Å². The van der Waals surface area contributed by atoms with Crippen molar-refractivity contribution in [1.29, 1.82) is 0 Å². The van der Waals surface area contributed by atoms with Gasteiger partial charge in [-0.1, -0.05) is 11.3 Å². The number of halogens is 1. The normalized spacial score (nSPS) is 17.8. The minimum Gasteiger partial charge on any atom is -0.339 e. The second kappa shape index (κ2) is 6.96. The Kier molecular flexibility index (Phi) is 5.27. The first-order valence-electron chi connectivity index (χ1n) is 6.27. The number of carbonyl (C=O) groups excluding carboxylic acids is 2. The molecule has 0 aliphatic carbocycles. The van der Waals surface area contributed by atoms with Gasteiger partial charge in [-0.2, -0.15) is 0 Å². The quantitative estimate of drug-likeness (QED) is 0.805. The third-order valence-corrected chi connectivity index (χ3v) is 3.79. The summed E-state index contributed by atoms with van der Waals surface area (Å²) in [5.74, 6) is -0.170. The summed E-state index contributed by atoms with van der Waals surface area (Å²) in [6.45, 7) is 4.49. The molecule has 2 rings (SSSR count). The highest BCUT2D eigenvalue weighted by molar-refractivity contribution is 7.13. The van der Waals surface area contributed by atoms with Gasteiger partial charge in [0.2, 0.25) is 16.9 Å². The zero-order valence-electron chi connectivity index (χ0n) is 11.1. The molecule has 20 heavy (non-hydrogen) atoms. The van der Waals surface area contributed by atoms with Gasteiger partial charge in [0.1, 0.15) is 10.9 Å². The SMILES string of the molecule is CC(Cl)C(=O)N1CCN(CC(=O)Nc2nncs2)CC1. The maximum atomic E-state index is 11.8. The van der Waals surface area contributed by atoms with Crippen molar-refractivity contribution in [3.05, 3.63) is 5.51 Å². The zero-order valence-corrected chi connectivity index (χ0v) is 12.7. The Hall–Kier alpha value is -1.25. The van der Waals surface area contributed by atoms with Crippen molar-refractivity contribution in [1.82, 2.24) is 20.0 Å². The maximum Gasteiger partial charge on any atom is 0.240 e. The number of piperazine rings is 1. The predicted octanol–water partition coefficient (Wildman–Crippen LogP) is 0.248. The smallest absolute Gasteiger partial charge is 0.240 e. The molecule has 0 radical (unpaired) electrons. The van der Waals surface area contributed by atoms with E-state index in [0.29, 0.717) is 31.3 Å². The fourth-order valence-corrected chi connectivity index (χ4v) is 2.57. The fourth-order valence-electron chi connectivity index (χ4n) is 1.97. The number of anilines is 1. The lowest BCUT2D eigenvalue weighted by molar-refractivity contribution is -0.132. The molecule has 9 heteroatoms. The molecule has 1 saturated heterocycles. The van der Waals surface area contributed by atoms with Crippen LogP contribution in [0, 0.1) is 0 Å². The molecular weight excluding hydrogens is 302 g/mol. The molecule has 2 amide bonds. The highest BCUT2D eigenvalue weighted by Gasteiger charge is 2.24. The predicted molar refractivity (Wildman–Crippen MR) is 76.9 cm³/mol. The van der Waals surface area contributed by atoms with Crippen LogP contribution in [0.3, 0.4) is 0 Å². The Bertz CT molecular complexity index is 459. The van der Waals surface area contributed by atoms with Crippen molar-refractivity contribution in [2.24, 2.45) is 0 Å². The molecule has 1 aliphatic heterocycles. The molecule has 0 spiro atoms. The van der Waals surface area contributed by atoms with Gasteiger partial charge >= 0.3 is 0 Å². The van der Waals surface area contributed by atoms with Gasteiger partial charge in [-0.15, -0.1) is 21.8 Å². The monoisotopic (exact) mass is 317 g/mol. The summed E-state index contributed by atoms with van der Waals surface area (Å²) in [6.07, 6.45) is 0. The first-order chi connectivity index (χ1) is 9.56. The Morgan fingerprint density at radius 3 is 2.70 bits per heavy atom. The summed E-state index contributed by atoms with van der Waals surface area (Å²) in [6, 6.07) is 0. The van der Waals surface area contributed by atoms with Crippen molar-refractivity contribution in [2.75, 3.05) is 38.0 Å². The third-order valence-electron chi connectivity index (χ3n) is 3.00. The largest absolute Gasteiger partial charge is 0.339 e. The topological polar surface area (TPSA) is 78.4 Å². The molecule has 1 aromatic rings. The Morgan fingerprint density at radius 2 is 2.15 bits per heavy atom. The first-order valence-corrected chi connectivity index (χ1v) is 7.59. The van der Waals surface area contributed by atoms with Crippen LogP contribution in [0.1, 0.15) is 6.92 Å². The van der Waals surface area contributed by atoms with E-state index in [-0.39, 0.29) is 18.4 Å². The number of nitrogens with zero attached hydrogens (tertiary/aromatic N) is 4. The van der Waals surface area contributed by atoms with Gasteiger partial charge in [0, 0.05) is 26.2 Å². The third kappa shape index (κ3) is 4.12. The van der Waals surface area contributed by atoms with Crippen molar-refractivity contribution >= 4 is 39.9 Å². The lowest BCUT2D eigenvalue weighted by atomic mass is 10.3. The Balaban J connectivity index is 1.74. The second-order valence-electron chi connectivity index (χ2n) is 4.51. The highest BCUT2D eigenvalue weighted by Crippen LogP contribution is 2.09. The molecule has 0 aromatic carbocycles. The van der Waals surface area contributed by atoms with Crippen LogP contribution in [-0.4, -0.2) is 69.9 Å². The molecule has 2 heterocycles. The Labute approximate surface area is 125 Å². The Morgan fingerprint density at radius 1 is 1.45 bits per heavy atom. The van der Waals surface area contributed by atoms with E-state index >= 15 is 0 Å². The molecule has 1 fully saturated rings. The van der Waals surface area contributed by atoms with E-state index in [1.54, 1.807) is 17.3 Å². The van der Waals surface area contributed by atoms with E-state index in [4.69, 9.17) is 11.6 Å². The zero-order chi connectivity index (χ0) is 14.5. The van der Waals surface area contributed by atoms with E-state index in [1.165, 1.54) is 11.3 Å². The van der Waals surface area contributed by atoms with Crippen LogP contribution < -0.4 is 5.32 Å². The van der Waals surface area contributed by atoms with Gasteiger partial charge in [0.25, 0.3) is 0 Å². The van der Waals surface area contributed by atoms with Gasteiger partial charge < -0.3 is 4.90 Å². The van der Waals surface area contributed by atoms with Crippen LogP contribution >= 0.6 is 22.9 Å². The molecule has 110 valence electrons. The number of rotatable bonds is 4. The van der Waals surface area contributed by atoms with Crippen LogP contribution in [0.5, 0.6) is 0 Å². The average molecular weight is 318 g/mol. The van der Waals surface area contributed by atoms with Crippen molar-refractivity contribution < 1.29 is 9.59 Å². The standard InChI is InChI=1S/C11H16ClN5O2S/c1-8(12)10(19)17-4-2-16(3-5-17)6-9(18)14-11-15-13-7-20-11/h7-8H,2-6H2,1H3,(H,14,15,18). The van der Waals surface area contributed by atoms with Gasteiger partial charge in [0.05, 0.1) is 6.54 Å². The molecule has 1 atom stereocenters. The second-order valence-corrected chi connectivity index (χ2v) is 6.00. The lowest BCUT2D eigenvalue weighted by Crippen LogP contribution is -2.51. The minimum absolute atomic E-state index is 0.0513. The van der Waals surface area contributed by atoms with E-state index in [0.717, 1.165) is 0 Å². The number of hydrogen-bond donors (Lipinski definition) is 1. The molecule has 1 aromatic heterocycles. The molecule has 1 unspecified atom stereocenters. The number of alkyl halides is 1. The number of nitrogens with one attached hydrogen (secondary N) is 1. The molecule has 1 aliphatic rings. The summed E-state index contributed by atoms with van der Waals surface area (Å²) in [7, 11) is 0. The summed E-state index contributed by atoms with van der Waals surface area (Å²) >= 11 is 7.06. The van der Waals surface area contributed by atoms with E-state index in [9.17, 15) is 9.59 Å². The van der Waals surface area contributed by atoms with Crippen LogP contribution in [0.4, 0.5) is 5.13 Å². The number of aromatic nitrogens is 2. The average Bonchev–Trinajstić information content (AvgIpc) is 2.91. The molecule has 1 N–H and O–H groups in total. The molecular formula is C11H16ClN5O2S. The minimum atomic E-state index is -0.498.